The number of hydrogen-bond donors (Lipinski definition) is 0. The van der Waals surface area contributed by atoms with Gasteiger partial charge >= 0.3 is 0 Å². The summed E-state index contributed by atoms with van der Waals surface area (Å²) in [5.41, 5.74) is 0.946. The highest BCUT2D eigenvalue weighted by Crippen LogP contribution is 2.44. The van der Waals surface area contributed by atoms with Crippen LogP contribution in [0.1, 0.15) is 34.9 Å². The Labute approximate surface area is 157 Å². The Morgan fingerprint density at radius 1 is 1.52 bits per heavy atom. The molecule has 1 saturated carbocycles. The van der Waals surface area contributed by atoms with Crippen LogP contribution in [-0.2, 0) is 20.6 Å². The molecule has 3 rings (SSSR count). The van der Waals surface area contributed by atoms with Crippen molar-refractivity contribution in [1.82, 2.24) is 5.16 Å². The summed E-state index contributed by atoms with van der Waals surface area (Å²) >= 11 is 2.17. The van der Waals surface area contributed by atoms with Crippen molar-refractivity contribution in [2.75, 3.05) is 26.6 Å². The first-order valence-corrected chi connectivity index (χ1v) is 10.5. The number of methoxy groups -OCH3 is 1. The third-order valence-electron chi connectivity index (χ3n) is 4.35. The zero-order valence-corrected chi connectivity index (χ0v) is 16.5. The van der Waals surface area contributed by atoms with Gasteiger partial charge in [-0.15, -0.1) is 0 Å². The van der Waals surface area contributed by atoms with E-state index in [1.54, 1.807) is 31.6 Å². The number of nitrogens with zero attached hydrogens (tertiary/aromatic N) is 1. The summed E-state index contributed by atoms with van der Waals surface area (Å²) in [6.07, 6.45) is 10.2. The van der Waals surface area contributed by atoms with E-state index in [-0.39, 0.29) is 18.3 Å². The van der Waals surface area contributed by atoms with Gasteiger partial charge in [-0.3, -0.25) is 4.79 Å². The zero-order valence-electron chi connectivity index (χ0n) is 14.1. The highest BCUT2D eigenvalue weighted by molar-refractivity contribution is 9.09. The third-order valence-corrected chi connectivity index (χ3v) is 7.21. The largest absolute Gasteiger partial charge is 0.614 e. The Kier molecular flexibility index (Phi) is 5.85. The van der Waals surface area contributed by atoms with E-state index in [4.69, 9.17) is 14.0 Å². The number of carbonyl (C=O) groups excluding carboxylic acids is 1. The predicted octanol–water partition coefficient (Wildman–Crippen LogP) is 2.73. The highest BCUT2D eigenvalue weighted by Gasteiger charge is 2.50. The van der Waals surface area contributed by atoms with Gasteiger partial charge in [-0.1, -0.05) is 33.2 Å². The fourth-order valence-electron chi connectivity index (χ4n) is 2.81. The van der Waals surface area contributed by atoms with E-state index in [1.165, 1.54) is 6.20 Å². The van der Waals surface area contributed by atoms with Crippen LogP contribution >= 0.6 is 15.9 Å². The molecule has 0 bridgehead atoms. The minimum Gasteiger partial charge on any atom is -0.614 e. The smallest absolute Gasteiger partial charge is 0.262 e. The van der Waals surface area contributed by atoms with Crippen molar-refractivity contribution in [2.24, 2.45) is 0 Å². The van der Waals surface area contributed by atoms with Crippen molar-refractivity contribution in [3.05, 3.63) is 41.3 Å². The monoisotopic (exact) mass is 429 g/mol. The quantitative estimate of drug-likeness (QED) is 0.273. The molecule has 3 unspecified atom stereocenters. The maximum absolute atomic E-state index is 13.1. The minimum atomic E-state index is -1.37. The molecule has 6 nitrogen and oxygen atoms in total. The van der Waals surface area contributed by atoms with Crippen molar-refractivity contribution >= 4 is 32.9 Å². The Balaban J connectivity index is 1.86. The second-order valence-corrected chi connectivity index (χ2v) is 8.53. The summed E-state index contributed by atoms with van der Waals surface area (Å²) in [4.78, 5) is 11.4. The SMILES string of the molecule is COCCOC1([S+](C)[O-])C=CC=C(C(=O)c2cnoc2C2CC2)C1Br. The number of hydrogen-bond acceptors (Lipinski definition) is 6. The van der Waals surface area contributed by atoms with Crippen molar-refractivity contribution in [1.29, 1.82) is 0 Å². The van der Waals surface area contributed by atoms with Gasteiger partial charge in [-0.05, 0) is 24.0 Å². The Bertz CT molecular complexity index is 697. The van der Waals surface area contributed by atoms with Crippen LogP contribution in [0.4, 0.5) is 0 Å². The molecule has 3 atom stereocenters. The molecule has 0 saturated heterocycles. The van der Waals surface area contributed by atoms with Crippen LogP contribution in [0.3, 0.4) is 0 Å². The number of alkyl halides is 1. The second kappa shape index (κ2) is 7.75. The number of ketones is 1. The first kappa shape index (κ1) is 18.8. The molecular weight excluding hydrogens is 410 g/mol. The van der Waals surface area contributed by atoms with Gasteiger partial charge in [-0.25, -0.2) is 0 Å². The molecule has 2 aliphatic rings. The number of Topliss-reactive ketones (excluding diaryl/α,β-unsaturated/α-hetero) is 1. The molecule has 1 heterocycles. The van der Waals surface area contributed by atoms with E-state index in [2.05, 4.69) is 21.1 Å². The molecule has 25 heavy (non-hydrogen) atoms. The predicted molar refractivity (Wildman–Crippen MR) is 97.4 cm³/mol. The van der Waals surface area contributed by atoms with Crippen LogP contribution in [0.5, 0.6) is 0 Å². The molecule has 0 spiro atoms. The van der Waals surface area contributed by atoms with Crippen molar-refractivity contribution in [3.8, 4) is 0 Å². The van der Waals surface area contributed by atoms with E-state index >= 15 is 0 Å². The first-order chi connectivity index (χ1) is 12.0. The van der Waals surface area contributed by atoms with Crippen molar-refractivity contribution in [2.45, 2.75) is 28.5 Å². The van der Waals surface area contributed by atoms with Crippen molar-refractivity contribution in [3.63, 3.8) is 0 Å². The molecule has 0 aromatic carbocycles. The summed E-state index contributed by atoms with van der Waals surface area (Å²) in [6, 6.07) is 0. The summed E-state index contributed by atoms with van der Waals surface area (Å²) in [5, 5.41) is 3.79. The molecule has 0 amide bonds. The van der Waals surface area contributed by atoms with Crippen LogP contribution < -0.4 is 0 Å². The van der Waals surface area contributed by atoms with Crippen LogP contribution in [0.2, 0.25) is 0 Å². The maximum atomic E-state index is 13.1. The van der Waals surface area contributed by atoms with E-state index in [1.807, 2.05) is 0 Å². The van der Waals surface area contributed by atoms with Crippen molar-refractivity contribution < 1.29 is 23.3 Å². The molecule has 1 aromatic rings. The molecular formula is C17H20BrNO5S. The number of allylic oxidation sites excluding steroid dienone is 2. The zero-order chi connectivity index (χ0) is 18.0. The standard InChI is InChI=1S/C17H20BrNO5S/c1-22-8-9-23-17(25(2)21)7-3-4-12(16(17)18)14(20)13-10-19-24-15(13)11-5-6-11/h3-4,7,10-11,16H,5-6,8-9H2,1-2H3. The fraction of sp³-hybridized carbons (Fsp3) is 0.529. The van der Waals surface area contributed by atoms with Crippen LogP contribution in [0.25, 0.3) is 0 Å². The average Bonchev–Trinajstić information content (AvgIpc) is 3.32. The number of aromatic nitrogens is 1. The lowest BCUT2D eigenvalue weighted by molar-refractivity contribution is 0.0191. The van der Waals surface area contributed by atoms with E-state index in [0.29, 0.717) is 23.5 Å². The Hall–Kier alpha value is -0.930. The molecule has 136 valence electrons. The van der Waals surface area contributed by atoms with Gasteiger partial charge in [0.1, 0.15) is 4.83 Å². The number of ether oxygens (including phenoxy) is 2. The van der Waals surface area contributed by atoms with E-state index < -0.39 is 20.9 Å². The number of rotatable bonds is 8. The molecule has 1 fully saturated rings. The summed E-state index contributed by atoms with van der Waals surface area (Å²) in [6.45, 7) is 0.640. The van der Waals surface area contributed by atoms with Crippen LogP contribution in [0.15, 0.2) is 34.5 Å². The van der Waals surface area contributed by atoms with Crippen LogP contribution in [0, 0.1) is 0 Å². The lowest BCUT2D eigenvalue weighted by Crippen LogP contribution is -2.50. The molecule has 0 N–H and O–H groups in total. The second-order valence-electron chi connectivity index (χ2n) is 6.07. The van der Waals surface area contributed by atoms with E-state index in [9.17, 15) is 9.35 Å². The molecule has 8 heteroatoms. The average molecular weight is 430 g/mol. The molecule has 2 aliphatic carbocycles. The lowest BCUT2D eigenvalue weighted by atomic mass is 9.94. The van der Waals surface area contributed by atoms with Gasteiger partial charge in [0.25, 0.3) is 4.93 Å². The highest BCUT2D eigenvalue weighted by atomic mass is 79.9. The van der Waals surface area contributed by atoms with E-state index in [0.717, 1.165) is 12.8 Å². The first-order valence-electron chi connectivity index (χ1n) is 8.00. The molecule has 1 aromatic heterocycles. The summed E-state index contributed by atoms with van der Waals surface area (Å²) in [5.74, 6) is 0.737. The van der Waals surface area contributed by atoms with Gasteiger partial charge in [0, 0.05) is 24.7 Å². The van der Waals surface area contributed by atoms with Gasteiger partial charge in [-0.2, -0.15) is 0 Å². The number of carbonyl (C=O) groups is 1. The summed E-state index contributed by atoms with van der Waals surface area (Å²) in [7, 11) is 1.57. The van der Waals surface area contributed by atoms with Gasteiger partial charge < -0.3 is 18.5 Å². The van der Waals surface area contributed by atoms with Gasteiger partial charge in [0.05, 0.1) is 31.2 Å². The maximum Gasteiger partial charge on any atom is 0.262 e. The Morgan fingerprint density at radius 3 is 2.92 bits per heavy atom. The fourth-order valence-corrected chi connectivity index (χ4v) is 5.18. The number of halogens is 1. The van der Waals surface area contributed by atoms with Crippen LogP contribution in [-0.4, -0.2) is 51.8 Å². The molecule has 0 aliphatic heterocycles. The van der Waals surface area contributed by atoms with Gasteiger partial charge in [0.15, 0.2) is 11.5 Å². The summed E-state index contributed by atoms with van der Waals surface area (Å²) < 4.78 is 28.6. The normalized spacial score (nSPS) is 27.2. The lowest BCUT2D eigenvalue weighted by Gasteiger charge is -2.37. The topological polar surface area (TPSA) is 84.6 Å². The van der Waals surface area contributed by atoms with Gasteiger partial charge in [0.2, 0.25) is 0 Å². The minimum absolute atomic E-state index is 0.181. The third kappa shape index (κ3) is 3.64. The Morgan fingerprint density at radius 2 is 2.28 bits per heavy atom. The molecule has 0 radical (unpaired) electrons.